The highest BCUT2D eigenvalue weighted by molar-refractivity contribution is 7.18. The van der Waals surface area contributed by atoms with Gasteiger partial charge < -0.3 is 5.84 Å². The van der Waals surface area contributed by atoms with Crippen LogP contribution in [0.3, 0.4) is 0 Å². The summed E-state index contributed by atoms with van der Waals surface area (Å²) in [5.74, 6) is 7.25. The fourth-order valence-corrected chi connectivity index (χ4v) is 4.08. The van der Waals surface area contributed by atoms with Gasteiger partial charge in [0, 0.05) is 11.3 Å². The van der Waals surface area contributed by atoms with Crippen molar-refractivity contribution in [1.82, 2.24) is 9.66 Å². The quantitative estimate of drug-likeness (QED) is 0.856. The summed E-state index contributed by atoms with van der Waals surface area (Å²) >= 11 is 1.68. The van der Waals surface area contributed by atoms with E-state index in [1.807, 2.05) is 0 Å². The van der Waals surface area contributed by atoms with Gasteiger partial charge in [0.2, 0.25) is 0 Å². The fourth-order valence-electron chi connectivity index (χ4n) is 2.85. The second-order valence-electron chi connectivity index (χ2n) is 5.49. The minimum absolute atomic E-state index is 0.0694. The van der Waals surface area contributed by atoms with Crippen molar-refractivity contribution in [1.29, 1.82) is 0 Å². The number of hydrogen-bond donors (Lipinski definition) is 1. The van der Waals surface area contributed by atoms with E-state index in [0.717, 1.165) is 35.9 Å². The molecule has 0 aromatic carbocycles. The number of rotatable bonds is 2. The predicted molar refractivity (Wildman–Crippen MR) is 79.2 cm³/mol. The van der Waals surface area contributed by atoms with Gasteiger partial charge in [-0.2, -0.15) is 0 Å². The van der Waals surface area contributed by atoms with Crippen LogP contribution in [0.15, 0.2) is 4.79 Å². The molecule has 0 bridgehead atoms. The molecular formula is C14H19N3OS. The number of aryl methyl sites for hydroxylation is 2. The Hall–Kier alpha value is -1.36. The average molecular weight is 277 g/mol. The summed E-state index contributed by atoms with van der Waals surface area (Å²) in [7, 11) is 0. The first-order valence-electron chi connectivity index (χ1n) is 6.93. The van der Waals surface area contributed by atoms with Crippen molar-refractivity contribution in [2.24, 2.45) is 5.92 Å². The Morgan fingerprint density at radius 1 is 1.53 bits per heavy atom. The first-order chi connectivity index (χ1) is 9.11. The van der Waals surface area contributed by atoms with Crippen LogP contribution in [0.2, 0.25) is 0 Å². The Morgan fingerprint density at radius 2 is 2.32 bits per heavy atom. The summed E-state index contributed by atoms with van der Waals surface area (Å²) in [6.45, 7) is 4.31. The molecule has 2 aromatic heterocycles. The van der Waals surface area contributed by atoms with Crippen LogP contribution in [0.25, 0.3) is 10.2 Å². The Morgan fingerprint density at radius 3 is 3.05 bits per heavy atom. The summed E-state index contributed by atoms with van der Waals surface area (Å²) < 4.78 is 1.25. The molecule has 0 radical (unpaired) electrons. The molecule has 0 aliphatic heterocycles. The van der Waals surface area contributed by atoms with Crippen LogP contribution in [-0.2, 0) is 19.3 Å². The number of fused-ring (bicyclic) bond motifs is 3. The summed E-state index contributed by atoms with van der Waals surface area (Å²) in [4.78, 5) is 19.3. The van der Waals surface area contributed by atoms with Gasteiger partial charge in [0.1, 0.15) is 10.7 Å². The molecule has 1 aliphatic rings. The van der Waals surface area contributed by atoms with E-state index in [1.54, 1.807) is 11.3 Å². The number of thiophene rings is 1. The van der Waals surface area contributed by atoms with Crippen LogP contribution in [0.1, 0.15) is 43.0 Å². The third-order valence-corrected chi connectivity index (χ3v) is 5.09. The van der Waals surface area contributed by atoms with Crippen molar-refractivity contribution in [2.45, 2.75) is 46.0 Å². The topological polar surface area (TPSA) is 60.9 Å². The maximum absolute atomic E-state index is 12.5. The van der Waals surface area contributed by atoms with Gasteiger partial charge in [0.05, 0.1) is 5.39 Å². The lowest BCUT2D eigenvalue weighted by molar-refractivity contribution is 0.508. The molecule has 19 heavy (non-hydrogen) atoms. The molecule has 0 saturated carbocycles. The van der Waals surface area contributed by atoms with Crippen molar-refractivity contribution >= 4 is 21.6 Å². The largest absolute Gasteiger partial charge is 0.335 e. The molecule has 1 aliphatic carbocycles. The molecule has 4 nitrogen and oxygen atoms in total. The first kappa shape index (κ1) is 12.7. The van der Waals surface area contributed by atoms with E-state index < -0.39 is 0 Å². The SMILES string of the molecule is CCCc1nc2sc3c(c2c(=O)n1N)CC(C)CC3. The van der Waals surface area contributed by atoms with Crippen LogP contribution in [0.4, 0.5) is 0 Å². The summed E-state index contributed by atoms with van der Waals surface area (Å²) in [6.07, 6.45) is 4.96. The summed E-state index contributed by atoms with van der Waals surface area (Å²) in [6, 6.07) is 0. The van der Waals surface area contributed by atoms with Crippen molar-refractivity contribution in [2.75, 3.05) is 5.84 Å². The van der Waals surface area contributed by atoms with Crippen LogP contribution in [0.5, 0.6) is 0 Å². The van der Waals surface area contributed by atoms with E-state index in [-0.39, 0.29) is 5.56 Å². The number of nitrogens with two attached hydrogens (primary N) is 1. The number of aromatic nitrogens is 2. The Bertz CT molecular complexity index is 686. The van der Waals surface area contributed by atoms with Crippen molar-refractivity contribution in [3.8, 4) is 0 Å². The van der Waals surface area contributed by atoms with Gasteiger partial charge in [0.25, 0.3) is 5.56 Å². The van der Waals surface area contributed by atoms with Gasteiger partial charge in [-0.3, -0.25) is 4.79 Å². The highest BCUT2D eigenvalue weighted by Gasteiger charge is 2.24. The zero-order valence-electron chi connectivity index (χ0n) is 11.4. The summed E-state index contributed by atoms with van der Waals surface area (Å²) in [5.41, 5.74) is 1.14. The third kappa shape index (κ3) is 1.96. The molecule has 1 atom stereocenters. The molecule has 102 valence electrons. The van der Waals surface area contributed by atoms with Crippen LogP contribution < -0.4 is 11.4 Å². The van der Waals surface area contributed by atoms with E-state index in [0.29, 0.717) is 11.7 Å². The van der Waals surface area contributed by atoms with Gasteiger partial charge in [-0.05, 0) is 37.2 Å². The number of nitrogens with zero attached hydrogens (tertiary/aromatic N) is 2. The first-order valence-corrected chi connectivity index (χ1v) is 7.74. The molecule has 0 fully saturated rings. The Labute approximate surface area is 116 Å². The molecule has 0 amide bonds. The van der Waals surface area contributed by atoms with Gasteiger partial charge in [0.15, 0.2) is 0 Å². The third-order valence-electron chi connectivity index (χ3n) is 3.90. The lowest BCUT2D eigenvalue weighted by Gasteiger charge is -2.17. The maximum atomic E-state index is 12.5. The van der Waals surface area contributed by atoms with Crippen molar-refractivity contribution in [3.63, 3.8) is 0 Å². The molecule has 3 rings (SSSR count). The van der Waals surface area contributed by atoms with E-state index in [9.17, 15) is 4.79 Å². The molecule has 0 saturated heterocycles. The zero-order chi connectivity index (χ0) is 13.6. The van der Waals surface area contributed by atoms with Crippen molar-refractivity contribution < 1.29 is 0 Å². The minimum Gasteiger partial charge on any atom is -0.335 e. The van der Waals surface area contributed by atoms with Gasteiger partial charge in [-0.15, -0.1) is 11.3 Å². The lowest BCUT2D eigenvalue weighted by atomic mass is 9.89. The maximum Gasteiger partial charge on any atom is 0.280 e. The van der Waals surface area contributed by atoms with Crippen molar-refractivity contribution in [3.05, 3.63) is 26.6 Å². The van der Waals surface area contributed by atoms with Gasteiger partial charge in [-0.1, -0.05) is 13.8 Å². The second-order valence-corrected chi connectivity index (χ2v) is 6.57. The van der Waals surface area contributed by atoms with Gasteiger partial charge >= 0.3 is 0 Å². The summed E-state index contributed by atoms with van der Waals surface area (Å²) in [5, 5.41) is 0.772. The molecule has 2 aromatic rings. The number of nitrogen functional groups attached to an aromatic ring is 1. The molecule has 1 unspecified atom stereocenters. The minimum atomic E-state index is -0.0694. The van der Waals surface area contributed by atoms with Gasteiger partial charge in [-0.25, -0.2) is 9.66 Å². The fraction of sp³-hybridized carbons (Fsp3) is 0.571. The highest BCUT2D eigenvalue weighted by Crippen LogP contribution is 2.35. The van der Waals surface area contributed by atoms with E-state index >= 15 is 0 Å². The second kappa shape index (κ2) is 4.63. The normalized spacial score (nSPS) is 18.7. The van der Waals surface area contributed by atoms with E-state index in [4.69, 9.17) is 5.84 Å². The van der Waals surface area contributed by atoms with Crippen LogP contribution >= 0.6 is 11.3 Å². The van der Waals surface area contributed by atoms with E-state index in [1.165, 1.54) is 21.5 Å². The Kier molecular flexibility index (Phi) is 3.09. The van der Waals surface area contributed by atoms with Crippen LogP contribution in [-0.4, -0.2) is 9.66 Å². The molecule has 0 spiro atoms. The van der Waals surface area contributed by atoms with Crippen LogP contribution in [0, 0.1) is 5.92 Å². The molecule has 2 heterocycles. The Balaban J connectivity index is 2.27. The smallest absolute Gasteiger partial charge is 0.280 e. The monoisotopic (exact) mass is 277 g/mol. The molecule has 5 heteroatoms. The number of hydrogen-bond acceptors (Lipinski definition) is 4. The molecule has 2 N–H and O–H groups in total. The predicted octanol–water partition coefficient (Wildman–Crippen LogP) is 2.25. The molecular weight excluding hydrogens is 258 g/mol. The lowest BCUT2D eigenvalue weighted by Crippen LogP contribution is -2.32. The zero-order valence-corrected chi connectivity index (χ0v) is 12.2. The van der Waals surface area contributed by atoms with E-state index in [2.05, 4.69) is 18.8 Å². The highest BCUT2D eigenvalue weighted by atomic mass is 32.1. The standard InChI is InChI=1S/C14H19N3OS/c1-3-4-11-16-13-12(14(18)17(11)15)9-7-8(2)5-6-10(9)19-13/h8H,3-7,15H2,1-2H3. The average Bonchev–Trinajstić information content (AvgIpc) is 2.73.